The van der Waals surface area contributed by atoms with E-state index < -0.39 is 10.0 Å². The monoisotopic (exact) mass is 436 g/mol. The van der Waals surface area contributed by atoms with Crippen LogP contribution in [0.3, 0.4) is 0 Å². The SMILES string of the molecule is Cc1cc(C)n(CCC(=O)N2CC(c3nc(C4CCN(S(C)(=O)=O)CC4)no3)C2)n1. The molecule has 0 saturated carbocycles. The summed E-state index contributed by atoms with van der Waals surface area (Å²) in [6, 6.07) is 2.00. The van der Waals surface area contributed by atoms with E-state index in [2.05, 4.69) is 15.2 Å². The molecule has 2 fully saturated rings. The van der Waals surface area contributed by atoms with Crippen LogP contribution in [0.1, 0.15) is 54.2 Å². The Labute approximate surface area is 176 Å². The van der Waals surface area contributed by atoms with E-state index in [0.717, 1.165) is 11.4 Å². The Morgan fingerprint density at radius 3 is 2.50 bits per heavy atom. The molecule has 0 atom stereocenters. The molecule has 4 heterocycles. The molecule has 4 rings (SSSR count). The number of carbonyl (C=O) groups excluding carboxylic acids is 1. The van der Waals surface area contributed by atoms with Gasteiger partial charge in [-0.15, -0.1) is 0 Å². The van der Waals surface area contributed by atoms with Gasteiger partial charge in [-0.25, -0.2) is 12.7 Å². The number of piperidine rings is 1. The number of aromatic nitrogens is 4. The van der Waals surface area contributed by atoms with E-state index in [1.807, 2.05) is 29.5 Å². The summed E-state index contributed by atoms with van der Waals surface area (Å²) < 4.78 is 32.1. The van der Waals surface area contributed by atoms with Gasteiger partial charge in [0.1, 0.15) is 0 Å². The van der Waals surface area contributed by atoms with E-state index >= 15 is 0 Å². The number of carbonyl (C=O) groups is 1. The molecule has 10 nitrogen and oxygen atoms in total. The number of sulfonamides is 1. The molecule has 0 bridgehead atoms. The third-order valence-corrected chi connectivity index (χ3v) is 7.27. The number of nitrogens with zero attached hydrogens (tertiary/aromatic N) is 6. The zero-order valence-corrected chi connectivity index (χ0v) is 18.4. The quantitative estimate of drug-likeness (QED) is 0.664. The van der Waals surface area contributed by atoms with Crippen LogP contribution in [0.15, 0.2) is 10.6 Å². The lowest BCUT2D eigenvalue weighted by Gasteiger charge is -2.37. The van der Waals surface area contributed by atoms with Crippen LogP contribution in [0, 0.1) is 13.8 Å². The van der Waals surface area contributed by atoms with Crippen molar-refractivity contribution in [1.29, 1.82) is 0 Å². The van der Waals surface area contributed by atoms with Crippen molar-refractivity contribution in [2.75, 3.05) is 32.4 Å². The van der Waals surface area contributed by atoms with E-state index in [4.69, 9.17) is 4.52 Å². The van der Waals surface area contributed by atoms with Crippen molar-refractivity contribution < 1.29 is 17.7 Å². The van der Waals surface area contributed by atoms with Crippen molar-refractivity contribution >= 4 is 15.9 Å². The molecular weight excluding hydrogens is 408 g/mol. The lowest BCUT2D eigenvalue weighted by Crippen LogP contribution is -2.48. The summed E-state index contributed by atoms with van der Waals surface area (Å²) in [6.45, 7) is 6.65. The zero-order valence-electron chi connectivity index (χ0n) is 17.6. The third kappa shape index (κ3) is 4.41. The highest BCUT2D eigenvalue weighted by atomic mass is 32.2. The van der Waals surface area contributed by atoms with Gasteiger partial charge in [0.2, 0.25) is 21.8 Å². The molecule has 11 heteroatoms. The topological polar surface area (TPSA) is 114 Å². The first-order valence-corrected chi connectivity index (χ1v) is 12.1. The summed E-state index contributed by atoms with van der Waals surface area (Å²) in [5, 5.41) is 8.51. The van der Waals surface area contributed by atoms with Gasteiger partial charge in [-0.3, -0.25) is 9.48 Å². The van der Waals surface area contributed by atoms with Crippen LogP contribution in [0.25, 0.3) is 0 Å². The second-order valence-corrected chi connectivity index (χ2v) is 10.3. The van der Waals surface area contributed by atoms with Crippen LogP contribution < -0.4 is 0 Å². The van der Waals surface area contributed by atoms with Gasteiger partial charge in [-0.2, -0.15) is 10.1 Å². The third-order valence-electron chi connectivity index (χ3n) is 5.97. The predicted octanol–water partition coefficient (Wildman–Crippen LogP) is 1.04. The number of amides is 1. The van der Waals surface area contributed by atoms with E-state index in [9.17, 15) is 13.2 Å². The lowest BCUT2D eigenvalue weighted by molar-refractivity contribution is -0.136. The predicted molar refractivity (Wildman–Crippen MR) is 108 cm³/mol. The van der Waals surface area contributed by atoms with Crippen LogP contribution in [-0.2, 0) is 21.4 Å². The molecule has 0 spiro atoms. The number of rotatable bonds is 6. The first-order valence-electron chi connectivity index (χ1n) is 10.3. The Morgan fingerprint density at radius 2 is 1.90 bits per heavy atom. The van der Waals surface area contributed by atoms with Crippen LogP contribution in [0.4, 0.5) is 0 Å². The fourth-order valence-electron chi connectivity index (χ4n) is 4.12. The first kappa shape index (κ1) is 21.0. The van der Waals surface area contributed by atoms with Crippen LogP contribution in [0.2, 0.25) is 0 Å². The Bertz CT molecular complexity index is 1020. The Kier molecular flexibility index (Phi) is 5.67. The number of likely N-dealkylation sites (tertiary alicyclic amines) is 1. The van der Waals surface area contributed by atoms with Gasteiger partial charge >= 0.3 is 0 Å². The maximum Gasteiger partial charge on any atom is 0.233 e. The van der Waals surface area contributed by atoms with Crippen LogP contribution >= 0.6 is 0 Å². The van der Waals surface area contributed by atoms with Gasteiger partial charge in [-0.05, 0) is 32.8 Å². The number of hydrogen-bond donors (Lipinski definition) is 0. The average molecular weight is 437 g/mol. The number of aryl methyl sites for hydroxylation is 3. The molecule has 2 aromatic heterocycles. The second kappa shape index (κ2) is 8.10. The van der Waals surface area contributed by atoms with E-state index in [1.165, 1.54) is 10.6 Å². The molecule has 0 aliphatic carbocycles. The summed E-state index contributed by atoms with van der Waals surface area (Å²) in [7, 11) is -3.15. The largest absolute Gasteiger partial charge is 0.341 e. The molecule has 2 saturated heterocycles. The summed E-state index contributed by atoms with van der Waals surface area (Å²) in [5.41, 5.74) is 2.01. The van der Waals surface area contributed by atoms with E-state index in [-0.39, 0.29) is 17.7 Å². The molecule has 2 aliphatic rings. The second-order valence-electron chi connectivity index (χ2n) is 8.32. The van der Waals surface area contributed by atoms with Gasteiger partial charge in [0.05, 0.1) is 17.9 Å². The highest BCUT2D eigenvalue weighted by Crippen LogP contribution is 2.31. The van der Waals surface area contributed by atoms with Crippen molar-refractivity contribution in [2.24, 2.45) is 0 Å². The first-order chi connectivity index (χ1) is 14.2. The van der Waals surface area contributed by atoms with Gasteiger partial charge in [0.15, 0.2) is 5.82 Å². The Morgan fingerprint density at radius 1 is 1.20 bits per heavy atom. The standard InChI is InChI=1S/C19H28N6O4S/c1-13-10-14(2)25(21-13)9-6-17(26)23-11-16(12-23)19-20-18(22-29-19)15-4-7-24(8-5-15)30(3,27)28/h10,15-16H,4-9,11-12H2,1-3H3. The minimum Gasteiger partial charge on any atom is -0.341 e. The van der Waals surface area contributed by atoms with E-state index in [0.29, 0.717) is 63.7 Å². The van der Waals surface area contributed by atoms with Crippen molar-refractivity contribution in [3.63, 3.8) is 0 Å². The smallest absolute Gasteiger partial charge is 0.233 e. The molecule has 0 radical (unpaired) electrons. The van der Waals surface area contributed by atoms with Gasteiger partial charge in [-0.1, -0.05) is 5.16 Å². The van der Waals surface area contributed by atoms with E-state index in [1.54, 1.807) is 0 Å². The van der Waals surface area contributed by atoms with Crippen molar-refractivity contribution in [1.82, 2.24) is 29.1 Å². The van der Waals surface area contributed by atoms with Crippen LogP contribution in [0.5, 0.6) is 0 Å². The lowest BCUT2D eigenvalue weighted by atomic mass is 9.97. The minimum atomic E-state index is -3.15. The fourth-order valence-corrected chi connectivity index (χ4v) is 5.00. The molecule has 0 unspecified atom stereocenters. The highest BCUT2D eigenvalue weighted by Gasteiger charge is 2.36. The summed E-state index contributed by atoms with van der Waals surface area (Å²) in [4.78, 5) is 18.8. The van der Waals surface area contributed by atoms with Crippen molar-refractivity contribution in [3.05, 3.63) is 29.2 Å². The normalized spacial score (nSPS) is 19.2. The maximum absolute atomic E-state index is 12.4. The van der Waals surface area contributed by atoms with Gasteiger partial charge in [0.25, 0.3) is 0 Å². The molecule has 2 aromatic rings. The summed E-state index contributed by atoms with van der Waals surface area (Å²) in [5.74, 6) is 1.50. The number of hydrogen-bond acceptors (Lipinski definition) is 7. The van der Waals surface area contributed by atoms with Gasteiger partial charge < -0.3 is 9.42 Å². The molecule has 2 aliphatic heterocycles. The summed E-state index contributed by atoms with van der Waals surface area (Å²) >= 11 is 0. The maximum atomic E-state index is 12.4. The molecular formula is C19H28N6O4S. The van der Waals surface area contributed by atoms with Gasteiger partial charge in [0, 0.05) is 50.8 Å². The Balaban J connectivity index is 1.25. The van der Waals surface area contributed by atoms with Crippen molar-refractivity contribution in [2.45, 2.75) is 51.5 Å². The highest BCUT2D eigenvalue weighted by molar-refractivity contribution is 7.88. The zero-order chi connectivity index (χ0) is 21.5. The van der Waals surface area contributed by atoms with Crippen molar-refractivity contribution in [3.8, 4) is 0 Å². The molecule has 164 valence electrons. The molecule has 0 N–H and O–H groups in total. The average Bonchev–Trinajstić information content (AvgIpc) is 3.24. The molecule has 0 aromatic carbocycles. The summed E-state index contributed by atoms with van der Waals surface area (Å²) in [6.07, 6.45) is 3.03. The van der Waals surface area contributed by atoms with Crippen LogP contribution in [-0.4, -0.2) is 75.9 Å². The molecule has 30 heavy (non-hydrogen) atoms. The Hall–Kier alpha value is -2.27. The minimum absolute atomic E-state index is 0.0694. The molecule has 1 amide bonds. The fraction of sp³-hybridized carbons (Fsp3) is 0.684.